The predicted molar refractivity (Wildman–Crippen MR) is 121 cm³/mol. The molecule has 5 nitrogen and oxygen atoms in total. The number of thiophene rings is 1. The number of carbonyl (C=O) groups excluding carboxylic acids is 1. The third-order valence-corrected chi connectivity index (χ3v) is 8.44. The molecule has 0 radical (unpaired) electrons. The fourth-order valence-corrected chi connectivity index (χ4v) is 5.79. The maximum Gasteiger partial charge on any atom is 0.273 e. The van der Waals surface area contributed by atoms with E-state index < -0.39 is 10.0 Å². The molecular weight excluding hydrogens is 424 g/mol. The van der Waals surface area contributed by atoms with Crippen LogP contribution in [0.3, 0.4) is 0 Å². The van der Waals surface area contributed by atoms with E-state index in [9.17, 15) is 13.2 Å². The van der Waals surface area contributed by atoms with Crippen molar-refractivity contribution in [2.75, 3.05) is 23.7 Å². The molecule has 2 aromatic carbocycles. The van der Waals surface area contributed by atoms with Crippen LogP contribution in [0.25, 0.3) is 0 Å². The molecule has 0 spiro atoms. The first-order valence-corrected chi connectivity index (χ1v) is 12.5. The molecular formula is C21H22N2O3S3. The largest absolute Gasteiger partial charge is 0.351 e. The summed E-state index contributed by atoms with van der Waals surface area (Å²) < 4.78 is 26.7. The molecule has 0 fully saturated rings. The number of sulfonamides is 1. The minimum atomic E-state index is -3.58. The summed E-state index contributed by atoms with van der Waals surface area (Å²) >= 11 is 2.94. The van der Waals surface area contributed by atoms with E-state index in [0.717, 1.165) is 11.5 Å². The lowest BCUT2D eigenvalue weighted by Crippen LogP contribution is -2.27. The van der Waals surface area contributed by atoms with E-state index in [1.165, 1.54) is 28.3 Å². The fourth-order valence-electron chi connectivity index (χ4n) is 2.61. The van der Waals surface area contributed by atoms with Crippen molar-refractivity contribution in [1.29, 1.82) is 0 Å². The van der Waals surface area contributed by atoms with Crippen molar-refractivity contribution in [2.45, 2.75) is 9.96 Å². The number of rotatable bonds is 9. The zero-order valence-corrected chi connectivity index (χ0v) is 18.4. The zero-order valence-electron chi connectivity index (χ0n) is 15.9. The Morgan fingerprint density at radius 2 is 1.76 bits per heavy atom. The number of anilines is 1. The average molecular weight is 447 g/mol. The van der Waals surface area contributed by atoms with E-state index in [-0.39, 0.29) is 10.1 Å². The van der Waals surface area contributed by atoms with Crippen LogP contribution in [0.15, 0.2) is 76.3 Å². The molecule has 1 heterocycles. The highest BCUT2D eigenvalue weighted by molar-refractivity contribution is 7.98. The predicted octanol–water partition coefficient (Wildman–Crippen LogP) is 4.24. The average Bonchev–Trinajstić information content (AvgIpc) is 3.29. The number of carbonyl (C=O) groups is 1. The highest BCUT2D eigenvalue weighted by Gasteiger charge is 2.22. The molecule has 1 amide bonds. The van der Waals surface area contributed by atoms with Crippen molar-refractivity contribution in [3.05, 3.63) is 83.2 Å². The monoisotopic (exact) mass is 446 g/mol. The van der Waals surface area contributed by atoms with E-state index in [0.29, 0.717) is 17.8 Å². The molecule has 152 valence electrons. The summed E-state index contributed by atoms with van der Waals surface area (Å²) in [6.45, 7) is 0.574. The Morgan fingerprint density at radius 3 is 2.41 bits per heavy atom. The molecule has 0 saturated heterocycles. The molecule has 1 N–H and O–H groups in total. The van der Waals surface area contributed by atoms with Crippen LogP contribution >= 0.6 is 23.1 Å². The van der Waals surface area contributed by atoms with Crippen molar-refractivity contribution < 1.29 is 13.2 Å². The number of benzene rings is 2. The first-order valence-electron chi connectivity index (χ1n) is 9.01. The van der Waals surface area contributed by atoms with Gasteiger partial charge in [-0.25, -0.2) is 8.42 Å². The molecule has 1 aromatic heterocycles. The number of amides is 1. The van der Waals surface area contributed by atoms with Gasteiger partial charge in [0.25, 0.3) is 15.9 Å². The lowest BCUT2D eigenvalue weighted by Gasteiger charge is -2.18. The van der Waals surface area contributed by atoms with Gasteiger partial charge in [-0.05, 0) is 41.3 Å². The van der Waals surface area contributed by atoms with Gasteiger partial charge in [0, 0.05) is 30.7 Å². The van der Waals surface area contributed by atoms with Gasteiger partial charge < -0.3 is 5.32 Å². The second-order valence-corrected chi connectivity index (χ2v) is 10.5. The van der Waals surface area contributed by atoms with E-state index in [4.69, 9.17) is 0 Å². The van der Waals surface area contributed by atoms with Crippen LogP contribution in [0.5, 0.6) is 0 Å². The molecule has 0 saturated carbocycles. The van der Waals surface area contributed by atoms with Gasteiger partial charge in [0.15, 0.2) is 0 Å². The summed E-state index contributed by atoms with van der Waals surface area (Å²) in [5, 5.41) is 4.63. The molecule has 29 heavy (non-hydrogen) atoms. The van der Waals surface area contributed by atoms with Crippen LogP contribution in [-0.2, 0) is 15.8 Å². The van der Waals surface area contributed by atoms with Crippen LogP contribution in [0.2, 0.25) is 0 Å². The molecule has 0 aliphatic carbocycles. The molecule has 0 unspecified atom stereocenters. The van der Waals surface area contributed by atoms with Gasteiger partial charge in [-0.3, -0.25) is 9.10 Å². The number of thioether (sulfide) groups is 1. The van der Waals surface area contributed by atoms with E-state index >= 15 is 0 Å². The summed E-state index contributed by atoms with van der Waals surface area (Å²) in [6, 6.07) is 20.1. The highest BCUT2D eigenvalue weighted by atomic mass is 32.2. The zero-order chi connectivity index (χ0) is 20.7. The highest BCUT2D eigenvalue weighted by Crippen LogP contribution is 2.25. The Bertz CT molecular complexity index is 1020. The van der Waals surface area contributed by atoms with Gasteiger partial charge in [-0.2, -0.15) is 11.8 Å². The maximum atomic E-state index is 12.6. The molecule has 3 rings (SSSR count). The minimum Gasteiger partial charge on any atom is -0.351 e. The summed E-state index contributed by atoms with van der Waals surface area (Å²) in [5.41, 5.74) is 2.28. The number of nitrogens with zero attached hydrogens (tertiary/aromatic N) is 1. The van der Waals surface area contributed by atoms with Crippen LogP contribution < -0.4 is 9.62 Å². The Labute approximate surface area is 179 Å². The Balaban J connectivity index is 1.49. The SMILES string of the molecule is CN(c1ccc(C(=O)NCCSCc2ccccc2)cc1)S(=O)(=O)c1cccs1. The Kier molecular flexibility index (Phi) is 7.35. The van der Waals surface area contributed by atoms with E-state index in [2.05, 4.69) is 17.4 Å². The summed E-state index contributed by atoms with van der Waals surface area (Å²) in [5.74, 6) is 1.57. The van der Waals surface area contributed by atoms with E-state index in [1.54, 1.807) is 53.5 Å². The molecule has 0 atom stereocenters. The summed E-state index contributed by atoms with van der Waals surface area (Å²) in [7, 11) is -2.07. The maximum absolute atomic E-state index is 12.6. The van der Waals surface area contributed by atoms with Gasteiger partial charge in [0.05, 0.1) is 5.69 Å². The molecule has 0 aliphatic heterocycles. The summed E-state index contributed by atoms with van der Waals surface area (Å²) in [6.07, 6.45) is 0. The second kappa shape index (κ2) is 9.96. The number of hydrogen-bond acceptors (Lipinski definition) is 5. The van der Waals surface area contributed by atoms with E-state index in [1.807, 2.05) is 18.2 Å². The van der Waals surface area contributed by atoms with Crippen LogP contribution in [0, 0.1) is 0 Å². The smallest absolute Gasteiger partial charge is 0.273 e. The second-order valence-electron chi connectivity index (χ2n) is 6.25. The number of nitrogens with one attached hydrogen (secondary N) is 1. The lowest BCUT2D eigenvalue weighted by molar-refractivity contribution is 0.0956. The van der Waals surface area contributed by atoms with Crippen molar-refractivity contribution in [3.63, 3.8) is 0 Å². The topological polar surface area (TPSA) is 66.5 Å². The van der Waals surface area contributed by atoms with Gasteiger partial charge in [0.2, 0.25) is 0 Å². The first-order chi connectivity index (χ1) is 14.0. The van der Waals surface area contributed by atoms with Crippen LogP contribution in [-0.4, -0.2) is 33.7 Å². The van der Waals surface area contributed by atoms with Crippen molar-refractivity contribution >= 4 is 44.7 Å². The molecule has 8 heteroatoms. The third-order valence-electron chi connectivity index (χ3n) is 4.25. The Hall–Kier alpha value is -2.29. The van der Waals surface area contributed by atoms with Gasteiger partial charge in [-0.15, -0.1) is 11.3 Å². The normalized spacial score (nSPS) is 11.2. The lowest BCUT2D eigenvalue weighted by atomic mass is 10.2. The van der Waals surface area contributed by atoms with Crippen molar-refractivity contribution in [3.8, 4) is 0 Å². The quantitative estimate of drug-likeness (QED) is 0.500. The van der Waals surface area contributed by atoms with Crippen LogP contribution in [0.4, 0.5) is 5.69 Å². The van der Waals surface area contributed by atoms with Crippen molar-refractivity contribution in [1.82, 2.24) is 5.32 Å². The third kappa shape index (κ3) is 5.62. The van der Waals surface area contributed by atoms with Gasteiger partial charge in [-0.1, -0.05) is 36.4 Å². The molecule has 3 aromatic rings. The minimum absolute atomic E-state index is 0.166. The molecule has 0 bridgehead atoms. The van der Waals surface area contributed by atoms with Gasteiger partial charge >= 0.3 is 0 Å². The fraction of sp³-hybridized carbons (Fsp3) is 0.190. The summed E-state index contributed by atoms with van der Waals surface area (Å²) in [4.78, 5) is 12.3. The molecule has 0 aliphatic rings. The van der Waals surface area contributed by atoms with Crippen LogP contribution in [0.1, 0.15) is 15.9 Å². The number of hydrogen-bond donors (Lipinski definition) is 1. The van der Waals surface area contributed by atoms with Crippen molar-refractivity contribution in [2.24, 2.45) is 0 Å². The first kappa shape index (κ1) is 21.4. The standard InChI is InChI=1S/C21H22N2O3S3/c1-23(29(25,26)20-8-5-14-28-20)19-11-9-18(10-12-19)21(24)22-13-15-27-16-17-6-3-2-4-7-17/h2-12,14H,13,15-16H2,1H3,(H,22,24). The Morgan fingerprint density at radius 1 is 1.03 bits per heavy atom. The van der Waals surface area contributed by atoms with Gasteiger partial charge in [0.1, 0.15) is 4.21 Å².